The molecule has 11 heavy (non-hydrogen) atoms. The van der Waals surface area contributed by atoms with Crippen LogP contribution in [0.15, 0.2) is 18.3 Å². The van der Waals surface area contributed by atoms with Gasteiger partial charge in [-0.15, -0.1) is 0 Å². The molecule has 0 N–H and O–H groups in total. The molecule has 0 unspecified atom stereocenters. The SMILES string of the molecule is O=C([O-])Cc1cccnn1.[Li+]. The number of aromatic nitrogens is 2. The molecule has 0 aliphatic carbocycles. The zero-order valence-electron chi connectivity index (χ0n) is 6.15. The number of carbonyl (C=O) groups is 1. The second-order valence-corrected chi connectivity index (χ2v) is 1.76. The Morgan fingerprint density at radius 2 is 2.36 bits per heavy atom. The van der Waals surface area contributed by atoms with Crippen molar-refractivity contribution >= 4 is 5.97 Å². The normalized spacial score (nSPS) is 8.36. The third kappa shape index (κ3) is 3.76. The summed E-state index contributed by atoms with van der Waals surface area (Å²) in [5.41, 5.74) is 0.419. The molecule has 5 heteroatoms. The number of hydrogen-bond acceptors (Lipinski definition) is 4. The Labute approximate surface area is 75.8 Å². The zero-order valence-corrected chi connectivity index (χ0v) is 6.15. The standard InChI is InChI=1S/C6H6N2O2.Li/c9-6(10)4-5-2-1-3-7-8-5;/h1-3H,4H2,(H,9,10);/q;+1/p-1. The van der Waals surface area contributed by atoms with Crippen molar-refractivity contribution in [2.24, 2.45) is 0 Å². The van der Waals surface area contributed by atoms with Gasteiger partial charge in [0.05, 0.1) is 5.69 Å². The third-order valence-corrected chi connectivity index (χ3v) is 0.953. The molecule has 0 amide bonds. The number of nitrogens with zero attached hydrogens (tertiary/aromatic N) is 2. The molecule has 0 spiro atoms. The van der Waals surface area contributed by atoms with Crippen LogP contribution in [0, 0.1) is 0 Å². The molecule has 0 aliphatic heterocycles. The number of carbonyl (C=O) groups excluding carboxylic acids is 1. The summed E-state index contributed by atoms with van der Waals surface area (Å²) >= 11 is 0. The largest absolute Gasteiger partial charge is 1.00 e. The van der Waals surface area contributed by atoms with Gasteiger partial charge < -0.3 is 9.90 Å². The number of hydrogen-bond donors (Lipinski definition) is 0. The predicted molar refractivity (Wildman–Crippen MR) is 30.7 cm³/mol. The van der Waals surface area contributed by atoms with E-state index in [2.05, 4.69) is 10.2 Å². The number of aliphatic carboxylic acids is 1. The van der Waals surface area contributed by atoms with E-state index in [-0.39, 0.29) is 25.3 Å². The molecule has 4 nitrogen and oxygen atoms in total. The Bertz CT molecular complexity index is 227. The Morgan fingerprint density at radius 3 is 2.82 bits per heavy atom. The van der Waals surface area contributed by atoms with Gasteiger partial charge in [-0.25, -0.2) is 0 Å². The molecule has 0 aromatic carbocycles. The van der Waals surface area contributed by atoms with Crippen molar-refractivity contribution in [1.29, 1.82) is 0 Å². The molecule has 1 aromatic heterocycles. The van der Waals surface area contributed by atoms with Gasteiger partial charge in [-0.05, 0) is 12.1 Å². The van der Waals surface area contributed by atoms with Gasteiger partial charge in [-0.3, -0.25) is 0 Å². The summed E-state index contributed by atoms with van der Waals surface area (Å²) in [4.78, 5) is 9.99. The summed E-state index contributed by atoms with van der Waals surface area (Å²) in [6, 6.07) is 3.22. The zero-order chi connectivity index (χ0) is 7.40. The third-order valence-electron chi connectivity index (χ3n) is 0.953. The number of carboxylic acid groups (broad SMARTS) is 1. The monoisotopic (exact) mass is 144 g/mol. The summed E-state index contributed by atoms with van der Waals surface area (Å²) in [7, 11) is 0. The van der Waals surface area contributed by atoms with Gasteiger partial charge in [-0.1, -0.05) is 0 Å². The summed E-state index contributed by atoms with van der Waals surface area (Å²) in [5, 5.41) is 17.0. The Morgan fingerprint density at radius 1 is 1.64 bits per heavy atom. The van der Waals surface area contributed by atoms with Crippen LogP contribution in [-0.2, 0) is 11.2 Å². The topological polar surface area (TPSA) is 65.9 Å². The van der Waals surface area contributed by atoms with E-state index in [1.165, 1.54) is 6.20 Å². The minimum absolute atomic E-state index is 0. The van der Waals surface area contributed by atoms with Crippen molar-refractivity contribution in [2.75, 3.05) is 0 Å². The van der Waals surface area contributed by atoms with E-state index >= 15 is 0 Å². The van der Waals surface area contributed by atoms with E-state index in [1.54, 1.807) is 12.1 Å². The van der Waals surface area contributed by atoms with Gasteiger partial charge in [0.1, 0.15) is 0 Å². The van der Waals surface area contributed by atoms with E-state index < -0.39 is 5.97 Å². The summed E-state index contributed by atoms with van der Waals surface area (Å²) in [6.45, 7) is 0. The first-order chi connectivity index (χ1) is 4.79. The molecular formula is C6H5LiN2O2. The van der Waals surface area contributed by atoms with Crippen LogP contribution in [0.3, 0.4) is 0 Å². The van der Waals surface area contributed by atoms with Gasteiger partial charge >= 0.3 is 18.9 Å². The van der Waals surface area contributed by atoms with Crippen LogP contribution in [0.1, 0.15) is 5.69 Å². The summed E-state index contributed by atoms with van der Waals surface area (Å²) in [6.07, 6.45) is 1.31. The molecule has 0 radical (unpaired) electrons. The van der Waals surface area contributed by atoms with Crippen molar-refractivity contribution in [2.45, 2.75) is 6.42 Å². The average Bonchev–Trinajstić information content (AvgIpc) is 1.88. The van der Waals surface area contributed by atoms with Crippen LogP contribution in [0.5, 0.6) is 0 Å². The van der Waals surface area contributed by atoms with Gasteiger partial charge in [0.2, 0.25) is 0 Å². The fourth-order valence-corrected chi connectivity index (χ4v) is 0.576. The molecule has 52 valence electrons. The van der Waals surface area contributed by atoms with Crippen molar-refractivity contribution in [1.82, 2.24) is 10.2 Å². The first-order valence-corrected chi connectivity index (χ1v) is 2.75. The van der Waals surface area contributed by atoms with Crippen molar-refractivity contribution in [3.8, 4) is 0 Å². The van der Waals surface area contributed by atoms with E-state index in [9.17, 15) is 9.90 Å². The summed E-state index contributed by atoms with van der Waals surface area (Å²) < 4.78 is 0. The maximum Gasteiger partial charge on any atom is 1.00 e. The molecule has 0 aliphatic rings. The first kappa shape index (κ1) is 10.1. The summed E-state index contributed by atoms with van der Waals surface area (Å²) in [5.74, 6) is -1.14. The molecule has 0 bridgehead atoms. The van der Waals surface area contributed by atoms with Crippen molar-refractivity contribution < 1.29 is 28.8 Å². The van der Waals surface area contributed by atoms with Gasteiger partial charge in [0.25, 0.3) is 0 Å². The molecule has 0 saturated carbocycles. The minimum atomic E-state index is -1.14. The maximum atomic E-state index is 9.99. The van der Waals surface area contributed by atoms with Crippen LogP contribution in [0.25, 0.3) is 0 Å². The van der Waals surface area contributed by atoms with Crippen LogP contribution in [0.4, 0.5) is 0 Å². The van der Waals surface area contributed by atoms with Crippen LogP contribution in [-0.4, -0.2) is 16.2 Å². The quantitative estimate of drug-likeness (QED) is 0.394. The van der Waals surface area contributed by atoms with E-state index in [0.29, 0.717) is 5.69 Å². The van der Waals surface area contributed by atoms with Crippen molar-refractivity contribution in [3.05, 3.63) is 24.0 Å². The second kappa shape index (κ2) is 4.89. The van der Waals surface area contributed by atoms with Crippen LogP contribution in [0.2, 0.25) is 0 Å². The molecule has 1 rings (SSSR count). The Hall–Kier alpha value is -0.853. The average molecular weight is 144 g/mol. The fraction of sp³-hybridized carbons (Fsp3) is 0.167. The smallest absolute Gasteiger partial charge is 0.550 e. The first-order valence-electron chi connectivity index (χ1n) is 2.75. The van der Waals surface area contributed by atoms with E-state index in [4.69, 9.17) is 0 Å². The Balaban J connectivity index is 0.000001000. The van der Waals surface area contributed by atoms with Crippen LogP contribution < -0.4 is 24.0 Å². The molecule has 1 heterocycles. The molecule has 0 saturated heterocycles. The minimum Gasteiger partial charge on any atom is -0.550 e. The number of carboxylic acids is 1. The van der Waals surface area contributed by atoms with Crippen LogP contribution >= 0.6 is 0 Å². The van der Waals surface area contributed by atoms with E-state index in [0.717, 1.165) is 0 Å². The van der Waals surface area contributed by atoms with Crippen molar-refractivity contribution in [3.63, 3.8) is 0 Å². The molecule has 0 atom stereocenters. The Kier molecular flexibility index (Phi) is 4.51. The molecule has 0 fully saturated rings. The maximum absolute atomic E-state index is 9.99. The van der Waals surface area contributed by atoms with Gasteiger partial charge in [0.15, 0.2) is 0 Å². The van der Waals surface area contributed by atoms with Gasteiger partial charge in [0, 0.05) is 18.6 Å². The van der Waals surface area contributed by atoms with E-state index in [1.807, 2.05) is 0 Å². The molecule has 1 aromatic rings. The fourth-order valence-electron chi connectivity index (χ4n) is 0.576. The predicted octanol–water partition coefficient (Wildman–Crippen LogP) is -4.23. The number of rotatable bonds is 2. The van der Waals surface area contributed by atoms with Gasteiger partial charge in [-0.2, -0.15) is 10.2 Å². The molecular weight excluding hydrogens is 139 g/mol. The second-order valence-electron chi connectivity index (χ2n) is 1.76.